The molecule has 0 spiro atoms. The van der Waals surface area contributed by atoms with Crippen LogP contribution in [0.1, 0.15) is 5.56 Å². The number of nitrogens with one attached hydrogen (secondary N) is 1. The number of halogens is 3. The minimum atomic E-state index is -0.389. The molecule has 0 unspecified atom stereocenters. The van der Waals surface area contributed by atoms with Gasteiger partial charge in [-0.15, -0.1) is 0 Å². The van der Waals surface area contributed by atoms with Gasteiger partial charge in [0, 0.05) is 10.0 Å². The fourth-order valence-electron chi connectivity index (χ4n) is 1.78. The average Bonchev–Trinajstić information content (AvgIpc) is 2.85. The second kappa shape index (κ2) is 4.99. The number of hydrogen-bond acceptors (Lipinski definition) is 4. The van der Waals surface area contributed by atoms with Gasteiger partial charge in [-0.3, -0.25) is 0 Å². The molecular formula is C12H8BrClFN5. The zero-order valence-electron chi connectivity index (χ0n) is 10.2. The Morgan fingerprint density at radius 3 is 2.95 bits per heavy atom. The summed E-state index contributed by atoms with van der Waals surface area (Å²) in [4.78, 5) is 8.07. The number of benzene rings is 1. The van der Waals surface area contributed by atoms with Crippen LogP contribution in [0, 0.1) is 12.7 Å². The van der Waals surface area contributed by atoms with Gasteiger partial charge >= 0.3 is 0 Å². The van der Waals surface area contributed by atoms with Gasteiger partial charge in [0.05, 0.1) is 5.69 Å². The zero-order chi connectivity index (χ0) is 14.3. The van der Waals surface area contributed by atoms with E-state index >= 15 is 0 Å². The van der Waals surface area contributed by atoms with Crippen LogP contribution in [-0.2, 0) is 0 Å². The first-order chi connectivity index (χ1) is 9.58. The van der Waals surface area contributed by atoms with Crippen molar-refractivity contribution < 1.29 is 4.39 Å². The van der Waals surface area contributed by atoms with Gasteiger partial charge in [0.2, 0.25) is 0 Å². The summed E-state index contributed by atoms with van der Waals surface area (Å²) in [5.74, 6) is 0.471. The van der Waals surface area contributed by atoms with E-state index in [-0.39, 0.29) is 5.82 Å². The molecule has 8 heteroatoms. The van der Waals surface area contributed by atoms with E-state index in [1.807, 2.05) is 0 Å². The lowest BCUT2D eigenvalue weighted by molar-refractivity contribution is 0.631. The van der Waals surface area contributed by atoms with Crippen molar-refractivity contribution in [3.05, 3.63) is 45.5 Å². The molecule has 0 bridgehead atoms. The summed E-state index contributed by atoms with van der Waals surface area (Å²) >= 11 is 9.36. The van der Waals surface area contributed by atoms with Gasteiger partial charge < -0.3 is 5.32 Å². The van der Waals surface area contributed by atoms with Crippen molar-refractivity contribution in [1.82, 2.24) is 19.6 Å². The Bertz CT molecular complexity index is 784. The molecule has 1 N–H and O–H groups in total. The molecule has 5 nitrogen and oxygen atoms in total. The summed E-state index contributed by atoms with van der Waals surface area (Å²) in [6.07, 6.45) is 1.36. The van der Waals surface area contributed by atoms with Gasteiger partial charge in [0.1, 0.15) is 23.1 Å². The largest absolute Gasteiger partial charge is 0.336 e. The molecule has 20 heavy (non-hydrogen) atoms. The number of fused-ring (bicyclic) bond motifs is 1. The molecule has 0 radical (unpaired) electrons. The van der Waals surface area contributed by atoms with E-state index in [0.717, 1.165) is 0 Å². The van der Waals surface area contributed by atoms with Crippen molar-refractivity contribution in [2.45, 2.75) is 6.92 Å². The maximum Gasteiger partial charge on any atom is 0.255 e. The van der Waals surface area contributed by atoms with Gasteiger partial charge in [0.25, 0.3) is 5.78 Å². The molecule has 0 saturated heterocycles. The minimum Gasteiger partial charge on any atom is -0.336 e. The molecule has 0 aliphatic rings. The van der Waals surface area contributed by atoms with E-state index in [4.69, 9.17) is 11.6 Å². The quantitative estimate of drug-likeness (QED) is 0.711. The predicted octanol–water partition coefficient (Wildman–Crippen LogP) is 3.73. The third-order valence-corrected chi connectivity index (χ3v) is 3.84. The summed E-state index contributed by atoms with van der Waals surface area (Å²) < 4.78 is 16.0. The van der Waals surface area contributed by atoms with E-state index in [2.05, 4.69) is 36.3 Å². The van der Waals surface area contributed by atoms with E-state index < -0.39 is 0 Å². The van der Waals surface area contributed by atoms with Crippen LogP contribution < -0.4 is 5.32 Å². The molecule has 0 aliphatic heterocycles. The lowest BCUT2D eigenvalue weighted by Gasteiger charge is -2.13. The van der Waals surface area contributed by atoms with Crippen LogP contribution in [0.15, 0.2) is 29.0 Å². The van der Waals surface area contributed by atoms with Crippen molar-refractivity contribution in [1.29, 1.82) is 0 Å². The van der Waals surface area contributed by atoms with Crippen LogP contribution in [0.4, 0.5) is 15.9 Å². The third-order valence-electron chi connectivity index (χ3n) is 2.81. The number of para-hydroxylation sites is 1. The molecule has 0 fully saturated rings. The molecule has 102 valence electrons. The molecule has 3 aromatic rings. The Morgan fingerprint density at radius 2 is 2.20 bits per heavy atom. The highest BCUT2D eigenvalue weighted by molar-refractivity contribution is 9.10. The second-order valence-electron chi connectivity index (χ2n) is 4.07. The molecule has 0 atom stereocenters. The van der Waals surface area contributed by atoms with Gasteiger partial charge in [-0.1, -0.05) is 17.7 Å². The van der Waals surface area contributed by atoms with Gasteiger partial charge in [0.15, 0.2) is 0 Å². The van der Waals surface area contributed by atoms with E-state index in [1.165, 1.54) is 16.9 Å². The number of anilines is 2. The lowest BCUT2D eigenvalue weighted by atomic mass is 10.3. The zero-order valence-corrected chi connectivity index (χ0v) is 12.6. The number of nitrogens with zero attached hydrogens (tertiary/aromatic N) is 4. The highest BCUT2D eigenvalue weighted by Crippen LogP contribution is 2.31. The third kappa shape index (κ3) is 2.12. The van der Waals surface area contributed by atoms with E-state index in [9.17, 15) is 4.39 Å². The highest BCUT2D eigenvalue weighted by atomic mass is 79.9. The van der Waals surface area contributed by atoms with Gasteiger partial charge in [-0.05, 0) is 35.0 Å². The Kier molecular flexibility index (Phi) is 3.31. The van der Waals surface area contributed by atoms with Crippen LogP contribution in [0.3, 0.4) is 0 Å². The molecule has 0 amide bonds. The maximum atomic E-state index is 13.9. The topological polar surface area (TPSA) is 55.1 Å². The van der Waals surface area contributed by atoms with Crippen molar-refractivity contribution in [2.24, 2.45) is 0 Å². The Hall–Kier alpha value is -1.73. The van der Waals surface area contributed by atoms with E-state index in [0.29, 0.717) is 32.5 Å². The second-order valence-corrected chi connectivity index (χ2v) is 5.28. The molecule has 1 aromatic carbocycles. The molecule has 2 heterocycles. The van der Waals surface area contributed by atoms with Crippen molar-refractivity contribution in [2.75, 3.05) is 5.32 Å². The first-order valence-corrected chi connectivity index (χ1v) is 6.82. The number of rotatable bonds is 2. The van der Waals surface area contributed by atoms with Crippen molar-refractivity contribution in [3.8, 4) is 0 Å². The van der Waals surface area contributed by atoms with Crippen LogP contribution in [0.25, 0.3) is 5.78 Å². The van der Waals surface area contributed by atoms with Crippen molar-refractivity contribution in [3.63, 3.8) is 0 Å². The first-order valence-electron chi connectivity index (χ1n) is 5.65. The monoisotopic (exact) mass is 355 g/mol. The summed E-state index contributed by atoms with van der Waals surface area (Å²) in [5.41, 5.74) is 0.953. The Labute approximate surface area is 126 Å². The fraction of sp³-hybridized carbons (Fsp3) is 0.0833. The molecular weight excluding hydrogens is 349 g/mol. The SMILES string of the molecule is Cc1c(Cl)nc2ncnn2c1Nc1c(F)cccc1Br. The maximum absolute atomic E-state index is 13.9. The molecule has 2 aromatic heterocycles. The van der Waals surface area contributed by atoms with Crippen LogP contribution in [0.2, 0.25) is 5.15 Å². The van der Waals surface area contributed by atoms with Crippen molar-refractivity contribution >= 4 is 44.8 Å². The highest BCUT2D eigenvalue weighted by Gasteiger charge is 2.15. The minimum absolute atomic E-state index is 0.292. The fourth-order valence-corrected chi connectivity index (χ4v) is 2.39. The van der Waals surface area contributed by atoms with Crippen LogP contribution in [0.5, 0.6) is 0 Å². The van der Waals surface area contributed by atoms with Gasteiger partial charge in [-0.25, -0.2) is 4.39 Å². The van der Waals surface area contributed by atoms with Gasteiger partial charge in [-0.2, -0.15) is 19.6 Å². The summed E-state index contributed by atoms with van der Waals surface area (Å²) in [6, 6.07) is 4.72. The summed E-state index contributed by atoms with van der Waals surface area (Å²) in [6.45, 7) is 1.77. The normalized spacial score (nSPS) is 11.0. The molecule has 0 aliphatic carbocycles. The predicted molar refractivity (Wildman–Crippen MR) is 77.9 cm³/mol. The number of hydrogen-bond donors (Lipinski definition) is 1. The Morgan fingerprint density at radius 1 is 1.40 bits per heavy atom. The number of aromatic nitrogens is 4. The standard InChI is InChI=1S/C12H8BrClFN5/c1-6-10(14)19-12-16-5-17-20(12)11(6)18-9-7(13)3-2-4-8(9)15/h2-5,18H,1H3. The summed E-state index contributed by atoms with van der Waals surface area (Å²) in [5, 5.41) is 7.35. The smallest absolute Gasteiger partial charge is 0.255 e. The molecule has 0 saturated carbocycles. The lowest BCUT2D eigenvalue weighted by Crippen LogP contribution is -2.06. The van der Waals surface area contributed by atoms with Crippen LogP contribution in [-0.4, -0.2) is 19.6 Å². The summed E-state index contributed by atoms with van der Waals surface area (Å²) in [7, 11) is 0. The van der Waals surface area contributed by atoms with Crippen LogP contribution >= 0.6 is 27.5 Å². The average molecular weight is 357 g/mol. The van der Waals surface area contributed by atoms with E-state index in [1.54, 1.807) is 19.1 Å². The molecule has 3 rings (SSSR count). The first kappa shape index (κ1) is 13.3. The Balaban J connectivity index is 2.20.